The largest absolute Gasteiger partial charge is 0.465 e. The zero-order valence-electron chi connectivity index (χ0n) is 19.6. The fourth-order valence-electron chi connectivity index (χ4n) is 4.86. The first-order valence-corrected chi connectivity index (χ1v) is 10.5. The second kappa shape index (κ2) is 7.18. The fraction of sp³-hybridized carbons (Fsp3) is 0.583. The van der Waals surface area contributed by atoms with E-state index in [0.29, 0.717) is 11.3 Å². The molecule has 168 valence electrons. The van der Waals surface area contributed by atoms with Crippen LogP contribution in [0.2, 0.25) is 0 Å². The number of rotatable bonds is 4. The quantitative estimate of drug-likeness (QED) is 0.542. The van der Waals surface area contributed by atoms with Crippen molar-refractivity contribution >= 4 is 29.4 Å². The van der Waals surface area contributed by atoms with Gasteiger partial charge in [0.05, 0.1) is 24.8 Å². The summed E-state index contributed by atoms with van der Waals surface area (Å²) in [6, 6.07) is 5.25. The Morgan fingerprint density at radius 3 is 1.97 bits per heavy atom. The number of nitrogens with zero attached hydrogens (tertiary/aromatic N) is 2. The van der Waals surface area contributed by atoms with Gasteiger partial charge in [-0.1, -0.05) is 27.7 Å². The standard InChI is InChI=1S/C24H32N2O5/c1-22(2,3)26(20(29)18-23(4,5)24(18,6)7)16-13-17(27)25(19(16)28)15-11-9-14(10-12-15)21(30)31-8/h9-12,16,18H,13H2,1-8H3. The normalized spacial score (nSPS) is 22.5. The molecule has 1 atom stereocenters. The molecule has 0 radical (unpaired) electrons. The first-order valence-electron chi connectivity index (χ1n) is 10.5. The summed E-state index contributed by atoms with van der Waals surface area (Å²) < 4.78 is 4.69. The number of carbonyl (C=O) groups excluding carboxylic acids is 4. The van der Waals surface area contributed by atoms with Gasteiger partial charge in [-0.3, -0.25) is 14.4 Å². The van der Waals surface area contributed by atoms with Crippen LogP contribution in [0.1, 0.15) is 65.2 Å². The number of esters is 1. The van der Waals surface area contributed by atoms with Crippen molar-refractivity contribution in [2.24, 2.45) is 16.7 Å². The summed E-state index contributed by atoms with van der Waals surface area (Å²) in [6.07, 6.45) is -0.0613. The van der Waals surface area contributed by atoms with Crippen LogP contribution in [0.15, 0.2) is 24.3 Å². The third kappa shape index (κ3) is 3.54. The van der Waals surface area contributed by atoms with Crippen LogP contribution in [0.4, 0.5) is 5.69 Å². The molecular weight excluding hydrogens is 396 g/mol. The van der Waals surface area contributed by atoms with Gasteiger partial charge in [0.25, 0.3) is 5.91 Å². The van der Waals surface area contributed by atoms with E-state index in [1.165, 1.54) is 19.2 Å². The highest BCUT2D eigenvalue weighted by atomic mass is 16.5. The van der Waals surface area contributed by atoms with Crippen LogP contribution >= 0.6 is 0 Å². The third-order valence-corrected chi connectivity index (χ3v) is 7.21. The van der Waals surface area contributed by atoms with Gasteiger partial charge in [-0.25, -0.2) is 9.69 Å². The number of carbonyl (C=O) groups is 4. The second-order valence-electron chi connectivity index (χ2n) is 10.6. The Bertz CT molecular complexity index is 926. The van der Waals surface area contributed by atoms with Crippen molar-refractivity contribution < 1.29 is 23.9 Å². The molecule has 1 saturated heterocycles. The van der Waals surface area contributed by atoms with E-state index in [1.54, 1.807) is 17.0 Å². The SMILES string of the molecule is COC(=O)c1ccc(N2C(=O)CC(N(C(=O)C3C(C)(C)C3(C)C)C(C)(C)C)C2=O)cc1. The lowest BCUT2D eigenvalue weighted by Gasteiger charge is -2.39. The van der Waals surface area contributed by atoms with E-state index in [9.17, 15) is 19.2 Å². The number of benzene rings is 1. The zero-order chi connectivity index (χ0) is 23.5. The molecule has 1 saturated carbocycles. The van der Waals surface area contributed by atoms with Crippen LogP contribution in [-0.4, -0.2) is 47.3 Å². The Hall–Kier alpha value is -2.70. The van der Waals surface area contributed by atoms with Crippen LogP contribution in [0.5, 0.6) is 0 Å². The fourth-order valence-corrected chi connectivity index (χ4v) is 4.86. The molecule has 0 aromatic heterocycles. The lowest BCUT2D eigenvalue weighted by atomic mass is 9.98. The van der Waals surface area contributed by atoms with Crippen molar-refractivity contribution in [2.45, 2.75) is 66.5 Å². The molecule has 2 aliphatic rings. The number of amides is 3. The zero-order valence-corrected chi connectivity index (χ0v) is 19.6. The molecule has 0 N–H and O–H groups in total. The van der Waals surface area contributed by atoms with Crippen molar-refractivity contribution in [3.05, 3.63) is 29.8 Å². The highest BCUT2D eigenvalue weighted by molar-refractivity contribution is 6.23. The van der Waals surface area contributed by atoms with Crippen molar-refractivity contribution in [1.29, 1.82) is 0 Å². The van der Waals surface area contributed by atoms with Crippen LogP contribution in [0.3, 0.4) is 0 Å². The lowest BCUT2D eigenvalue weighted by molar-refractivity contribution is -0.146. The van der Waals surface area contributed by atoms with Crippen molar-refractivity contribution in [1.82, 2.24) is 4.90 Å². The maximum Gasteiger partial charge on any atom is 0.337 e. The maximum absolute atomic E-state index is 13.6. The number of hydrogen-bond acceptors (Lipinski definition) is 5. The molecular formula is C24H32N2O5. The van der Waals surface area contributed by atoms with Gasteiger partial charge < -0.3 is 9.64 Å². The summed E-state index contributed by atoms with van der Waals surface area (Å²) in [5.41, 5.74) is -0.284. The van der Waals surface area contributed by atoms with Crippen molar-refractivity contribution in [3.8, 4) is 0 Å². The van der Waals surface area contributed by atoms with Gasteiger partial charge in [0, 0.05) is 11.5 Å². The molecule has 1 aliphatic heterocycles. The maximum atomic E-state index is 13.6. The third-order valence-electron chi connectivity index (χ3n) is 7.21. The predicted molar refractivity (Wildman–Crippen MR) is 116 cm³/mol. The van der Waals surface area contributed by atoms with E-state index in [1.807, 2.05) is 20.8 Å². The molecule has 2 fully saturated rings. The highest BCUT2D eigenvalue weighted by Gasteiger charge is 2.70. The average molecular weight is 429 g/mol. The van der Waals surface area contributed by atoms with Gasteiger partial charge in [0.1, 0.15) is 6.04 Å². The Morgan fingerprint density at radius 2 is 1.55 bits per heavy atom. The molecule has 1 heterocycles. The van der Waals surface area contributed by atoms with E-state index in [2.05, 4.69) is 32.4 Å². The van der Waals surface area contributed by atoms with Gasteiger partial charge in [-0.2, -0.15) is 0 Å². The van der Waals surface area contributed by atoms with Crippen molar-refractivity contribution in [3.63, 3.8) is 0 Å². The number of methoxy groups -OCH3 is 1. The molecule has 31 heavy (non-hydrogen) atoms. The summed E-state index contributed by atoms with van der Waals surface area (Å²) in [4.78, 5) is 54.2. The second-order valence-corrected chi connectivity index (χ2v) is 10.6. The Morgan fingerprint density at radius 1 is 1.03 bits per heavy atom. The van der Waals surface area contributed by atoms with E-state index in [0.717, 1.165) is 4.90 Å². The first kappa shape index (κ1) is 23.0. The predicted octanol–water partition coefficient (Wildman–Crippen LogP) is 3.41. The highest BCUT2D eigenvalue weighted by Crippen LogP contribution is 2.69. The number of imide groups is 1. The molecule has 1 aromatic rings. The minimum atomic E-state index is -0.854. The van der Waals surface area contributed by atoms with Crippen LogP contribution in [0, 0.1) is 16.7 Å². The Labute approximate surface area is 183 Å². The molecule has 1 unspecified atom stereocenters. The van der Waals surface area contributed by atoms with E-state index >= 15 is 0 Å². The van der Waals surface area contributed by atoms with E-state index in [-0.39, 0.29) is 35.0 Å². The first-order chi connectivity index (χ1) is 14.2. The summed E-state index contributed by atoms with van der Waals surface area (Å²) in [7, 11) is 1.29. The number of ether oxygens (including phenoxy) is 1. The van der Waals surface area contributed by atoms with Gasteiger partial charge in [-0.15, -0.1) is 0 Å². The summed E-state index contributed by atoms with van der Waals surface area (Å²) in [5.74, 6) is -1.58. The molecule has 1 aliphatic carbocycles. The molecule has 0 bridgehead atoms. The number of anilines is 1. The molecule has 0 spiro atoms. The monoisotopic (exact) mass is 428 g/mol. The van der Waals surface area contributed by atoms with Crippen LogP contribution in [0.25, 0.3) is 0 Å². The van der Waals surface area contributed by atoms with Crippen LogP contribution in [-0.2, 0) is 19.1 Å². The number of hydrogen-bond donors (Lipinski definition) is 0. The van der Waals surface area contributed by atoms with E-state index in [4.69, 9.17) is 0 Å². The van der Waals surface area contributed by atoms with Gasteiger partial charge in [-0.05, 0) is 55.9 Å². The molecule has 3 amide bonds. The molecule has 3 rings (SSSR count). The van der Waals surface area contributed by atoms with E-state index < -0.39 is 23.5 Å². The summed E-state index contributed by atoms with van der Waals surface area (Å²) in [6.45, 7) is 13.9. The van der Waals surface area contributed by atoms with Gasteiger partial charge in [0.2, 0.25) is 11.8 Å². The molecule has 7 nitrogen and oxygen atoms in total. The topological polar surface area (TPSA) is 84.0 Å². The van der Waals surface area contributed by atoms with Gasteiger partial charge >= 0.3 is 5.97 Å². The molecule has 7 heteroatoms. The summed E-state index contributed by atoms with van der Waals surface area (Å²) >= 11 is 0. The lowest BCUT2D eigenvalue weighted by Crippen LogP contribution is -2.55. The van der Waals surface area contributed by atoms with Crippen LogP contribution < -0.4 is 4.90 Å². The minimum Gasteiger partial charge on any atom is -0.465 e. The Kier molecular flexibility index (Phi) is 5.32. The Balaban J connectivity index is 1.91. The molecule has 1 aromatic carbocycles. The summed E-state index contributed by atoms with van der Waals surface area (Å²) in [5, 5.41) is 0. The van der Waals surface area contributed by atoms with Crippen molar-refractivity contribution in [2.75, 3.05) is 12.0 Å². The smallest absolute Gasteiger partial charge is 0.337 e. The minimum absolute atomic E-state index is 0.0613. The average Bonchev–Trinajstić information content (AvgIpc) is 2.90. The van der Waals surface area contributed by atoms with Gasteiger partial charge in [0.15, 0.2) is 0 Å².